The molecule has 0 aliphatic carbocycles. The number of hydrogen-bond acceptors (Lipinski definition) is 1. The van der Waals surface area contributed by atoms with Crippen LogP contribution >= 0.6 is 0 Å². The largest absolute Gasteiger partial charge is 0.323 e. The van der Waals surface area contributed by atoms with Crippen LogP contribution in [0.2, 0.25) is 0 Å². The van der Waals surface area contributed by atoms with E-state index in [9.17, 15) is 0 Å². The minimum atomic E-state index is 0.682. The van der Waals surface area contributed by atoms with Crippen molar-refractivity contribution in [3.8, 4) is 0 Å². The summed E-state index contributed by atoms with van der Waals surface area (Å²) in [4.78, 5) is 0. The van der Waals surface area contributed by atoms with E-state index in [1.54, 1.807) is 0 Å². The van der Waals surface area contributed by atoms with Crippen molar-refractivity contribution < 1.29 is 9.30 Å². The van der Waals surface area contributed by atoms with Gasteiger partial charge in [-0.3, -0.25) is 0 Å². The molecule has 0 fully saturated rings. The van der Waals surface area contributed by atoms with E-state index >= 15 is 0 Å². The topological polar surface area (TPSA) is 13.1 Å². The van der Waals surface area contributed by atoms with Crippen LogP contribution in [0.1, 0.15) is 57.1 Å². The van der Waals surface area contributed by atoms with Gasteiger partial charge in [0.25, 0.3) is 6.73 Å². The number of ether oxygens (including phenoxy) is 1. The number of nitrogens with zero attached hydrogens (tertiary/aromatic N) is 1. The van der Waals surface area contributed by atoms with Gasteiger partial charge in [0, 0.05) is 11.6 Å². The second-order valence-corrected chi connectivity index (χ2v) is 4.97. The molecule has 1 rings (SSSR count). The Labute approximate surface area is 112 Å². The Hall–Kier alpha value is -0.890. The molecule has 2 heteroatoms. The summed E-state index contributed by atoms with van der Waals surface area (Å²) < 4.78 is 7.84. The number of unbranched alkanes of at least 4 members (excludes halogenated alkanes) is 4. The van der Waals surface area contributed by atoms with Crippen molar-refractivity contribution in [3.05, 3.63) is 29.6 Å². The number of aromatic nitrogens is 1. The fourth-order valence-corrected chi connectivity index (χ4v) is 2.09. The van der Waals surface area contributed by atoms with Crippen LogP contribution in [0.4, 0.5) is 0 Å². The second kappa shape index (κ2) is 9.09. The summed E-state index contributed by atoms with van der Waals surface area (Å²) in [6.45, 7) is 8.17. The first-order valence-corrected chi connectivity index (χ1v) is 7.34. The fourth-order valence-electron chi connectivity index (χ4n) is 2.09. The first-order valence-electron chi connectivity index (χ1n) is 7.34. The maximum atomic E-state index is 5.70. The number of aryl methyl sites for hydroxylation is 2. The molecule has 2 nitrogen and oxygen atoms in total. The number of pyridine rings is 1. The first kappa shape index (κ1) is 15.2. The molecule has 0 spiro atoms. The van der Waals surface area contributed by atoms with Gasteiger partial charge in [-0.1, -0.05) is 39.5 Å². The molecular formula is C16H28NO+. The predicted octanol–water partition coefficient (Wildman–Crippen LogP) is 3.79. The smallest absolute Gasteiger partial charge is 0.252 e. The molecule has 1 aromatic rings. The fraction of sp³-hybridized carbons (Fsp3) is 0.688. The van der Waals surface area contributed by atoms with Gasteiger partial charge in [-0.2, -0.15) is 4.57 Å². The Balaban J connectivity index is 2.19. The monoisotopic (exact) mass is 250 g/mol. The highest BCUT2D eigenvalue weighted by molar-refractivity contribution is 5.18. The van der Waals surface area contributed by atoms with Crippen molar-refractivity contribution in [2.75, 3.05) is 6.61 Å². The summed E-state index contributed by atoms with van der Waals surface area (Å²) in [5.41, 5.74) is 2.78. The lowest BCUT2D eigenvalue weighted by atomic mass is 10.1. The lowest BCUT2D eigenvalue weighted by molar-refractivity contribution is -0.733. The van der Waals surface area contributed by atoms with Gasteiger partial charge < -0.3 is 4.74 Å². The quantitative estimate of drug-likeness (QED) is 0.480. The SMILES string of the molecule is CCCCCCCOC[n+]1ccc(C)c(CC)c1. The number of rotatable bonds is 9. The Kier molecular flexibility index (Phi) is 7.66. The van der Waals surface area contributed by atoms with E-state index in [2.05, 4.69) is 43.8 Å². The summed E-state index contributed by atoms with van der Waals surface area (Å²) in [7, 11) is 0. The Bertz CT molecular complexity index is 336. The third kappa shape index (κ3) is 5.63. The van der Waals surface area contributed by atoms with Gasteiger partial charge in [-0.05, 0) is 25.3 Å². The van der Waals surface area contributed by atoms with Gasteiger partial charge in [0.1, 0.15) is 0 Å². The highest BCUT2D eigenvalue weighted by atomic mass is 16.5. The van der Waals surface area contributed by atoms with Crippen molar-refractivity contribution in [2.24, 2.45) is 0 Å². The zero-order chi connectivity index (χ0) is 13.2. The summed E-state index contributed by atoms with van der Waals surface area (Å²) in [6.07, 6.45) is 11.9. The van der Waals surface area contributed by atoms with Crippen LogP contribution in [0, 0.1) is 6.92 Å². The molecule has 0 saturated heterocycles. The molecule has 0 amide bonds. The van der Waals surface area contributed by atoms with E-state index in [1.807, 2.05) is 0 Å². The molecule has 0 aliphatic heterocycles. The van der Waals surface area contributed by atoms with E-state index in [4.69, 9.17) is 4.74 Å². The predicted molar refractivity (Wildman–Crippen MR) is 75.5 cm³/mol. The van der Waals surface area contributed by atoms with E-state index in [1.165, 1.54) is 43.2 Å². The molecule has 0 bridgehead atoms. The molecular weight excluding hydrogens is 222 g/mol. The highest BCUT2D eigenvalue weighted by Gasteiger charge is 2.04. The van der Waals surface area contributed by atoms with Gasteiger partial charge in [0.05, 0.1) is 6.61 Å². The summed E-state index contributed by atoms with van der Waals surface area (Å²) in [6, 6.07) is 2.17. The van der Waals surface area contributed by atoms with Crippen molar-refractivity contribution in [3.63, 3.8) is 0 Å². The Morgan fingerprint density at radius 1 is 1.11 bits per heavy atom. The Morgan fingerprint density at radius 2 is 1.89 bits per heavy atom. The molecule has 0 radical (unpaired) electrons. The minimum absolute atomic E-state index is 0.682. The zero-order valence-electron chi connectivity index (χ0n) is 12.2. The van der Waals surface area contributed by atoms with Crippen molar-refractivity contribution in [2.45, 2.75) is 66.0 Å². The summed E-state index contributed by atoms with van der Waals surface area (Å²) in [5.74, 6) is 0. The average molecular weight is 250 g/mol. The molecule has 1 heterocycles. The molecule has 0 unspecified atom stereocenters. The molecule has 0 atom stereocenters. The van der Waals surface area contributed by atoms with E-state index in [-0.39, 0.29) is 0 Å². The molecule has 102 valence electrons. The van der Waals surface area contributed by atoms with E-state index in [0.717, 1.165) is 13.0 Å². The lowest BCUT2D eigenvalue weighted by Crippen LogP contribution is -2.35. The number of hydrogen-bond donors (Lipinski definition) is 0. The minimum Gasteiger partial charge on any atom is -0.323 e. The van der Waals surface area contributed by atoms with Crippen LogP contribution < -0.4 is 4.57 Å². The van der Waals surface area contributed by atoms with Crippen molar-refractivity contribution in [1.82, 2.24) is 0 Å². The van der Waals surface area contributed by atoms with Gasteiger partial charge >= 0.3 is 0 Å². The van der Waals surface area contributed by atoms with E-state index in [0.29, 0.717) is 6.73 Å². The summed E-state index contributed by atoms with van der Waals surface area (Å²) in [5, 5.41) is 0. The zero-order valence-corrected chi connectivity index (χ0v) is 12.2. The van der Waals surface area contributed by atoms with Crippen LogP contribution in [0.5, 0.6) is 0 Å². The lowest BCUT2D eigenvalue weighted by Gasteiger charge is -2.04. The molecule has 0 N–H and O–H groups in total. The maximum Gasteiger partial charge on any atom is 0.252 e. The third-order valence-corrected chi connectivity index (χ3v) is 3.36. The van der Waals surface area contributed by atoms with Crippen LogP contribution in [-0.2, 0) is 17.9 Å². The van der Waals surface area contributed by atoms with Crippen molar-refractivity contribution in [1.29, 1.82) is 0 Å². The van der Waals surface area contributed by atoms with Crippen LogP contribution in [0.15, 0.2) is 18.5 Å². The van der Waals surface area contributed by atoms with Crippen LogP contribution in [-0.4, -0.2) is 6.61 Å². The molecule has 1 aromatic heterocycles. The third-order valence-electron chi connectivity index (χ3n) is 3.36. The van der Waals surface area contributed by atoms with Crippen molar-refractivity contribution >= 4 is 0 Å². The maximum absolute atomic E-state index is 5.70. The van der Waals surface area contributed by atoms with Crippen LogP contribution in [0.3, 0.4) is 0 Å². The average Bonchev–Trinajstić information content (AvgIpc) is 2.39. The normalized spacial score (nSPS) is 10.8. The Morgan fingerprint density at radius 3 is 2.61 bits per heavy atom. The summed E-state index contributed by atoms with van der Waals surface area (Å²) >= 11 is 0. The van der Waals surface area contributed by atoms with Gasteiger partial charge in [-0.25, -0.2) is 0 Å². The highest BCUT2D eigenvalue weighted by Crippen LogP contribution is 2.04. The first-order chi connectivity index (χ1) is 8.77. The standard InChI is InChI=1S/C16H28NO/c1-4-6-7-8-9-12-18-14-17-11-10-15(3)16(5-2)13-17/h10-11,13H,4-9,12,14H2,1-3H3/q+1. The van der Waals surface area contributed by atoms with Gasteiger partial charge in [-0.15, -0.1) is 0 Å². The second-order valence-electron chi connectivity index (χ2n) is 4.97. The van der Waals surface area contributed by atoms with E-state index < -0.39 is 0 Å². The van der Waals surface area contributed by atoms with Gasteiger partial charge in [0.2, 0.25) is 0 Å². The molecule has 18 heavy (non-hydrogen) atoms. The van der Waals surface area contributed by atoms with Crippen LogP contribution in [0.25, 0.3) is 0 Å². The molecule has 0 aromatic carbocycles. The van der Waals surface area contributed by atoms with Gasteiger partial charge in [0.15, 0.2) is 12.4 Å². The molecule has 0 saturated carbocycles. The molecule has 0 aliphatic rings.